The molecule has 0 bridgehead atoms. The molecule has 2 aromatic heterocycles. The number of anilines is 1. The normalized spacial score (nSPS) is 19.8. The molecule has 8 nitrogen and oxygen atoms in total. The second-order valence-electron chi connectivity index (χ2n) is 6.92. The van der Waals surface area contributed by atoms with Crippen LogP contribution in [0, 0.1) is 0 Å². The van der Waals surface area contributed by atoms with Crippen LogP contribution >= 0.6 is 0 Å². The third-order valence-electron chi connectivity index (χ3n) is 5.18. The highest BCUT2D eigenvalue weighted by atomic mass is 16.2. The van der Waals surface area contributed by atoms with Crippen LogP contribution in [0.4, 0.5) is 5.82 Å². The van der Waals surface area contributed by atoms with Gasteiger partial charge < -0.3 is 15.2 Å². The van der Waals surface area contributed by atoms with E-state index < -0.39 is 11.2 Å². The highest BCUT2D eigenvalue weighted by molar-refractivity contribution is 6.00. The number of carbonyl (C=O) groups is 1. The largest absolute Gasteiger partial charge is 0.384 e. The number of aryl methyl sites for hydroxylation is 1. The van der Waals surface area contributed by atoms with E-state index in [-0.39, 0.29) is 29.8 Å². The van der Waals surface area contributed by atoms with Gasteiger partial charge in [0.15, 0.2) is 0 Å². The second-order valence-corrected chi connectivity index (χ2v) is 6.92. The van der Waals surface area contributed by atoms with Crippen LogP contribution in [0.2, 0.25) is 0 Å². The molecule has 140 valence electrons. The number of nitrogens with one attached hydrogen (secondary N) is 2. The maximum atomic E-state index is 12.9. The van der Waals surface area contributed by atoms with E-state index in [1.807, 2.05) is 26.2 Å². The van der Waals surface area contributed by atoms with Gasteiger partial charge in [-0.15, -0.1) is 0 Å². The molecule has 1 aliphatic heterocycles. The van der Waals surface area contributed by atoms with Crippen LogP contribution < -0.4 is 21.9 Å². The zero-order valence-corrected chi connectivity index (χ0v) is 15.2. The maximum absolute atomic E-state index is 12.9. The highest BCUT2D eigenvalue weighted by Crippen LogP contribution is 2.19. The molecule has 1 saturated heterocycles. The molecule has 0 radical (unpaired) electrons. The average Bonchev–Trinajstić information content (AvgIpc) is 3.19. The van der Waals surface area contributed by atoms with Crippen LogP contribution in [-0.2, 0) is 13.6 Å². The van der Waals surface area contributed by atoms with Crippen molar-refractivity contribution < 1.29 is 9.69 Å². The van der Waals surface area contributed by atoms with Crippen molar-refractivity contribution in [3.8, 4) is 0 Å². The first kappa shape index (κ1) is 18.2. The standard InChI is InChI=1S/C18H25N5O3/c1-3-8-23-16(19)15(17(25)20-18(23)26)14(24)11-22-10-5-7-13(22)12-6-4-9-21(12)2/h4,6,9,13H,3,5,7-8,10-11,19H2,1-2H3,(H,20,25,26)/p+1/t13-/m0/s1. The van der Waals surface area contributed by atoms with Gasteiger partial charge in [-0.2, -0.15) is 0 Å². The van der Waals surface area contributed by atoms with Gasteiger partial charge in [-0.1, -0.05) is 6.92 Å². The molecule has 0 aromatic carbocycles. The summed E-state index contributed by atoms with van der Waals surface area (Å²) in [6.45, 7) is 3.32. The van der Waals surface area contributed by atoms with E-state index in [1.54, 1.807) is 0 Å². The lowest BCUT2D eigenvalue weighted by Gasteiger charge is -2.22. The van der Waals surface area contributed by atoms with Crippen LogP contribution in [0.15, 0.2) is 27.9 Å². The third-order valence-corrected chi connectivity index (χ3v) is 5.18. The lowest BCUT2D eigenvalue weighted by Crippen LogP contribution is -3.11. The summed E-state index contributed by atoms with van der Waals surface area (Å²) in [5, 5.41) is 0. The monoisotopic (exact) mass is 360 g/mol. The molecule has 2 atom stereocenters. The van der Waals surface area contributed by atoms with Crippen molar-refractivity contribution in [1.29, 1.82) is 0 Å². The average molecular weight is 360 g/mol. The summed E-state index contributed by atoms with van der Waals surface area (Å²) < 4.78 is 3.34. The number of aromatic amines is 1. The van der Waals surface area contributed by atoms with Crippen LogP contribution in [0.1, 0.15) is 48.3 Å². The first-order chi connectivity index (χ1) is 12.4. The van der Waals surface area contributed by atoms with E-state index in [0.29, 0.717) is 13.0 Å². The molecule has 26 heavy (non-hydrogen) atoms. The Morgan fingerprint density at radius 1 is 1.42 bits per heavy atom. The molecule has 4 N–H and O–H groups in total. The van der Waals surface area contributed by atoms with Crippen molar-refractivity contribution in [2.24, 2.45) is 7.05 Å². The fourth-order valence-corrected chi connectivity index (χ4v) is 3.91. The van der Waals surface area contributed by atoms with Gasteiger partial charge in [-0.25, -0.2) is 4.79 Å². The zero-order chi connectivity index (χ0) is 18.8. The molecule has 8 heteroatoms. The van der Waals surface area contributed by atoms with Gasteiger partial charge in [0.25, 0.3) is 5.56 Å². The van der Waals surface area contributed by atoms with Gasteiger partial charge in [0.1, 0.15) is 24.0 Å². The minimum absolute atomic E-state index is 0.0281. The van der Waals surface area contributed by atoms with Gasteiger partial charge in [0, 0.05) is 32.6 Å². The van der Waals surface area contributed by atoms with Crippen LogP contribution in [0.25, 0.3) is 0 Å². The summed E-state index contributed by atoms with van der Waals surface area (Å²) in [5.41, 5.74) is 5.83. The van der Waals surface area contributed by atoms with Crippen molar-refractivity contribution in [1.82, 2.24) is 14.1 Å². The number of carbonyl (C=O) groups excluding carboxylic acids is 1. The fraction of sp³-hybridized carbons (Fsp3) is 0.500. The predicted molar refractivity (Wildman–Crippen MR) is 98.4 cm³/mol. The molecule has 3 heterocycles. The Kier molecular flexibility index (Phi) is 5.13. The minimum atomic E-state index is -0.695. The Morgan fingerprint density at radius 3 is 2.85 bits per heavy atom. The Bertz CT molecular complexity index is 924. The summed E-state index contributed by atoms with van der Waals surface area (Å²) in [5.74, 6) is -0.343. The van der Waals surface area contributed by atoms with Crippen molar-refractivity contribution in [2.45, 2.75) is 38.8 Å². The van der Waals surface area contributed by atoms with E-state index in [1.165, 1.54) is 10.3 Å². The highest BCUT2D eigenvalue weighted by Gasteiger charge is 2.34. The number of H-pyrrole nitrogens is 1. The number of aromatic nitrogens is 3. The number of Topliss-reactive ketones (excluding diaryl/α,β-unsaturated/α-hetero) is 1. The van der Waals surface area contributed by atoms with Crippen LogP contribution in [0.3, 0.4) is 0 Å². The first-order valence-corrected chi connectivity index (χ1v) is 9.05. The Labute approximate surface area is 151 Å². The number of rotatable bonds is 6. The van der Waals surface area contributed by atoms with E-state index in [2.05, 4.69) is 15.6 Å². The second kappa shape index (κ2) is 7.33. The lowest BCUT2D eigenvalue weighted by atomic mass is 10.1. The number of hydrogen-bond acceptors (Lipinski definition) is 4. The van der Waals surface area contributed by atoms with Crippen LogP contribution in [0.5, 0.6) is 0 Å². The van der Waals surface area contributed by atoms with E-state index in [9.17, 15) is 14.4 Å². The van der Waals surface area contributed by atoms with Crippen molar-refractivity contribution >= 4 is 11.6 Å². The zero-order valence-electron chi connectivity index (χ0n) is 15.2. The maximum Gasteiger partial charge on any atom is 0.329 e. The van der Waals surface area contributed by atoms with E-state index >= 15 is 0 Å². The first-order valence-electron chi connectivity index (χ1n) is 9.05. The number of nitrogens with two attached hydrogens (primary N) is 1. The van der Waals surface area contributed by atoms with E-state index in [4.69, 9.17) is 5.73 Å². The lowest BCUT2D eigenvalue weighted by molar-refractivity contribution is -0.910. The number of nitrogens with zero attached hydrogens (tertiary/aromatic N) is 2. The summed E-state index contributed by atoms with van der Waals surface area (Å²) in [4.78, 5) is 40.4. The van der Waals surface area contributed by atoms with Gasteiger partial charge in [0.05, 0.1) is 12.2 Å². The van der Waals surface area contributed by atoms with Crippen molar-refractivity contribution in [3.05, 3.63) is 50.4 Å². The summed E-state index contributed by atoms with van der Waals surface area (Å²) >= 11 is 0. The number of ketones is 1. The molecule has 0 saturated carbocycles. The van der Waals surface area contributed by atoms with Crippen molar-refractivity contribution in [2.75, 3.05) is 18.8 Å². The van der Waals surface area contributed by atoms with Crippen molar-refractivity contribution in [3.63, 3.8) is 0 Å². The molecular formula is C18H26N5O3+. The number of hydrogen-bond donors (Lipinski definition) is 3. The minimum Gasteiger partial charge on any atom is -0.384 e. The quantitative estimate of drug-likeness (QED) is 0.602. The molecule has 0 amide bonds. The number of likely N-dealkylation sites (tertiary alicyclic amines) is 1. The fourth-order valence-electron chi connectivity index (χ4n) is 3.91. The molecule has 1 unspecified atom stereocenters. The number of nitrogen functional groups attached to an aromatic ring is 1. The predicted octanol–water partition coefficient (Wildman–Crippen LogP) is -0.530. The Balaban J connectivity index is 1.89. The molecule has 3 rings (SSSR count). The molecule has 1 fully saturated rings. The van der Waals surface area contributed by atoms with Gasteiger partial charge in [-0.3, -0.25) is 19.1 Å². The summed E-state index contributed by atoms with van der Waals surface area (Å²) in [7, 11) is 2.00. The van der Waals surface area contributed by atoms with Crippen LogP contribution in [-0.4, -0.2) is 33.0 Å². The number of quaternary nitrogens is 1. The molecular weight excluding hydrogens is 334 g/mol. The Morgan fingerprint density at radius 2 is 2.19 bits per heavy atom. The van der Waals surface area contributed by atoms with E-state index in [0.717, 1.165) is 24.3 Å². The van der Waals surface area contributed by atoms with Gasteiger partial charge in [0.2, 0.25) is 5.78 Å². The SMILES string of the molecule is CCCn1c(N)c(C(=O)C[NH+]2CCC[C@H]2c2cccn2C)c(=O)[nH]c1=O. The summed E-state index contributed by atoms with van der Waals surface area (Å²) in [6, 6.07) is 4.29. The topological polar surface area (TPSA) is 107 Å². The Hall–Kier alpha value is -2.61. The molecule has 1 aliphatic rings. The van der Waals surface area contributed by atoms with Gasteiger partial charge in [-0.05, 0) is 18.6 Å². The molecule has 2 aromatic rings. The summed E-state index contributed by atoms with van der Waals surface area (Å²) in [6.07, 6.45) is 4.70. The molecule has 0 spiro atoms. The third kappa shape index (κ3) is 3.24. The van der Waals surface area contributed by atoms with Gasteiger partial charge >= 0.3 is 5.69 Å². The smallest absolute Gasteiger partial charge is 0.329 e. The molecule has 0 aliphatic carbocycles.